The van der Waals surface area contributed by atoms with Crippen molar-refractivity contribution < 1.29 is 9.53 Å². The third-order valence-corrected chi connectivity index (χ3v) is 2.31. The van der Waals surface area contributed by atoms with Gasteiger partial charge in [-0.3, -0.25) is 15.6 Å². The third kappa shape index (κ3) is 2.76. The second-order valence-corrected chi connectivity index (χ2v) is 3.56. The summed E-state index contributed by atoms with van der Waals surface area (Å²) in [5, 5.41) is 0. The minimum absolute atomic E-state index is 0.146. The zero-order valence-electron chi connectivity index (χ0n) is 8.90. The van der Waals surface area contributed by atoms with Gasteiger partial charge < -0.3 is 4.74 Å². The van der Waals surface area contributed by atoms with Crippen molar-refractivity contribution in [3.8, 4) is 0 Å². The fourth-order valence-electron chi connectivity index (χ4n) is 1.46. The summed E-state index contributed by atoms with van der Waals surface area (Å²) in [6.45, 7) is 0.748. The zero-order chi connectivity index (χ0) is 11.2. The van der Waals surface area contributed by atoms with Gasteiger partial charge >= 0.3 is 0 Å². The first kappa shape index (κ1) is 10.5. The highest BCUT2D eigenvalue weighted by Gasteiger charge is 2.06. The van der Waals surface area contributed by atoms with E-state index in [1.165, 1.54) is 0 Å². The van der Waals surface area contributed by atoms with Gasteiger partial charge in [0, 0.05) is 5.56 Å². The number of hydrogen-bond acceptors (Lipinski definition) is 3. The molecule has 0 saturated carbocycles. The van der Waals surface area contributed by atoms with E-state index in [-0.39, 0.29) is 5.91 Å². The Kier molecular flexibility index (Phi) is 3.43. The van der Waals surface area contributed by atoms with Gasteiger partial charge in [-0.05, 0) is 25.0 Å². The van der Waals surface area contributed by atoms with Crippen LogP contribution < -0.4 is 10.9 Å². The molecule has 0 aromatic heterocycles. The van der Waals surface area contributed by atoms with Crippen LogP contribution in [0.25, 0.3) is 0 Å². The molecule has 1 aromatic carbocycles. The fraction of sp³-hybridized carbons (Fsp3) is 0.250. The molecule has 0 radical (unpaired) electrons. The Labute approximate surface area is 94.3 Å². The van der Waals surface area contributed by atoms with Gasteiger partial charge in [-0.25, -0.2) is 0 Å². The number of carbonyl (C=O) groups is 1. The van der Waals surface area contributed by atoms with Crippen LogP contribution in [0.1, 0.15) is 23.2 Å². The maximum Gasteiger partial charge on any atom is 0.269 e. The van der Waals surface area contributed by atoms with Crippen LogP contribution in [0.15, 0.2) is 42.3 Å². The number of rotatable bonds is 3. The Morgan fingerprint density at radius 3 is 2.75 bits per heavy atom. The van der Waals surface area contributed by atoms with Gasteiger partial charge in [-0.2, -0.15) is 0 Å². The SMILES string of the molecule is O=C(NNC1=COCCC1)c1ccccc1. The number of benzene rings is 1. The maximum atomic E-state index is 11.6. The highest BCUT2D eigenvalue weighted by atomic mass is 16.5. The quantitative estimate of drug-likeness (QED) is 0.757. The van der Waals surface area contributed by atoms with Crippen molar-refractivity contribution in [1.29, 1.82) is 0 Å². The molecule has 0 fully saturated rings. The molecular formula is C12H14N2O2. The largest absolute Gasteiger partial charge is 0.499 e. The van der Waals surface area contributed by atoms with Gasteiger partial charge in [0.05, 0.1) is 12.3 Å². The molecule has 0 unspecified atom stereocenters. The first-order chi connectivity index (χ1) is 7.86. The van der Waals surface area contributed by atoms with Crippen LogP contribution in [-0.2, 0) is 4.74 Å². The number of hydrogen-bond donors (Lipinski definition) is 2. The van der Waals surface area contributed by atoms with E-state index in [1.807, 2.05) is 18.2 Å². The lowest BCUT2D eigenvalue weighted by molar-refractivity contribution is 0.0935. The van der Waals surface area contributed by atoms with Crippen molar-refractivity contribution in [3.05, 3.63) is 47.9 Å². The number of amides is 1. The smallest absolute Gasteiger partial charge is 0.269 e. The van der Waals surface area contributed by atoms with E-state index < -0.39 is 0 Å². The van der Waals surface area contributed by atoms with Crippen molar-refractivity contribution in [2.75, 3.05) is 6.61 Å². The molecule has 4 heteroatoms. The molecule has 0 bridgehead atoms. The van der Waals surface area contributed by atoms with Crippen LogP contribution in [0.2, 0.25) is 0 Å². The average Bonchev–Trinajstić information content (AvgIpc) is 2.38. The monoisotopic (exact) mass is 218 g/mol. The number of ether oxygens (including phenoxy) is 1. The second kappa shape index (κ2) is 5.21. The van der Waals surface area contributed by atoms with Gasteiger partial charge in [-0.15, -0.1) is 0 Å². The minimum Gasteiger partial charge on any atom is -0.499 e. The fourth-order valence-corrected chi connectivity index (χ4v) is 1.46. The van der Waals surface area contributed by atoms with E-state index in [2.05, 4.69) is 10.9 Å². The van der Waals surface area contributed by atoms with Gasteiger partial charge in [0.1, 0.15) is 6.26 Å². The van der Waals surface area contributed by atoms with Crippen LogP contribution in [-0.4, -0.2) is 12.5 Å². The number of allylic oxidation sites excluding steroid dienone is 1. The van der Waals surface area contributed by atoms with Gasteiger partial charge in [0.2, 0.25) is 0 Å². The van der Waals surface area contributed by atoms with Gasteiger partial charge in [-0.1, -0.05) is 18.2 Å². The summed E-state index contributed by atoms with van der Waals surface area (Å²) in [5.41, 5.74) is 7.02. The van der Waals surface area contributed by atoms with E-state index in [0.29, 0.717) is 5.56 Å². The van der Waals surface area contributed by atoms with E-state index in [0.717, 1.165) is 25.1 Å². The lowest BCUT2D eigenvalue weighted by Crippen LogP contribution is -2.37. The molecule has 0 saturated heterocycles. The standard InChI is InChI=1S/C12H14N2O2/c15-12(10-5-2-1-3-6-10)14-13-11-7-4-8-16-9-11/h1-3,5-6,9,13H,4,7-8H2,(H,14,15). The Morgan fingerprint density at radius 1 is 1.25 bits per heavy atom. The molecule has 84 valence electrons. The molecular weight excluding hydrogens is 204 g/mol. The Hall–Kier alpha value is -1.97. The molecule has 2 rings (SSSR count). The summed E-state index contributed by atoms with van der Waals surface area (Å²) in [5.74, 6) is -0.146. The van der Waals surface area contributed by atoms with Gasteiger partial charge in [0.15, 0.2) is 0 Å². The van der Waals surface area contributed by atoms with Gasteiger partial charge in [0.25, 0.3) is 5.91 Å². The first-order valence-electron chi connectivity index (χ1n) is 5.28. The highest BCUT2D eigenvalue weighted by Crippen LogP contribution is 2.07. The van der Waals surface area contributed by atoms with Crippen LogP contribution in [0, 0.1) is 0 Å². The molecule has 0 spiro atoms. The molecule has 1 aliphatic rings. The van der Waals surface area contributed by atoms with Crippen LogP contribution in [0.5, 0.6) is 0 Å². The summed E-state index contributed by atoms with van der Waals surface area (Å²) in [7, 11) is 0. The first-order valence-corrected chi connectivity index (χ1v) is 5.28. The maximum absolute atomic E-state index is 11.6. The molecule has 0 aliphatic carbocycles. The van der Waals surface area contributed by atoms with E-state index in [1.54, 1.807) is 18.4 Å². The molecule has 1 aliphatic heterocycles. The summed E-state index contributed by atoms with van der Waals surface area (Å²) in [6, 6.07) is 9.07. The lowest BCUT2D eigenvalue weighted by Gasteiger charge is -2.15. The van der Waals surface area contributed by atoms with Crippen molar-refractivity contribution in [3.63, 3.8) is 0 Å². The van der Waals surface area contributed by atoms with E-state index >= 15 is 0 Å². The molecule has 0 atom stereocenters. The highest BCUT2D eigenvalue weighted by molar-refractivity contribution is 5.93. The molecule has 4 nitrogen and oxygen atoms in total. The summed E-state index contributed by atoms with van der Waals surface area (Å²) >= 11 is 0. The number of hydrazine groups is 1. The lowest BCUT2D eigenvalue weighted by atomic mass is 10.2. The minimum atomic E-state index is -0.146. The molecule has 1 aromatic rings. The second-order valence-electron chi connectivity index (χ2n) is 3.56. The molecule has 1 heterocycles. The topological polar surface area (TPSA) is 50.4 Å². The predicted octanol–water partition coefficient (Wildman–Crippen LogP) is 1.57. The van der Waals surface area contributed by atoms with Crippen molar-refractivity contribution in [1.82, 2.24) is 10.9 Å². The Balaban J connectivity index is 1.86. The van der Waals surface area contributed by atoms with Crippen LogP contribution >= 0.6 is 0 Å². The average molecular weight is 218 g/mol. The molecule has 16 heavy (non-hydrogen) atoms. The van der Waals surface area contributed by atoms with E-state index in [9.17, 15) is 4.79 Å². The molecule has 2 N–H and O–H groups in total. The molecule has 1 amide bonds. The Morgan fingerprint density at radius 2 is 2.06 bits per heavy atom. The summed E-state index contributed by atoms with van der Waals surface area (Å²) in [4.78, 5) is 11.6. The van der Waals surface area contributed by atoms with Crippen molar-refractivity contribution in [2.24, 2.45) is 0 Å². The normalized spacial score (nSPS) is 14.6. The van der Waals surface area contributed by atoms with Crippen molar-refractivity contribution in [2.45, 2.75) is 12.8 Å². The zero-order valence-corrected chi connectivity index (χ0v) is 8.90. The Bertz CT molecular complexity index is 387. The van der Waals surface area contributed by atoms with E-state index in [4.69, 9.17) is 4.74 Å². The number of carbonyl (C=O) groups excluding carboxylic acids is 1. The summed E-state index contributed by atoms with van der Waals surface area (Å²) in [6.07, 6.45) is 3.52. The number of nitrogens with one attached hydrogen (secondary N) is 2. The van der Waals surface area contributed by atoms with Crippen LogP contribution in [0.4, 0.5) is 0 Å². The van der Waals surface area contributed by atoms with Crippen LogP contribution in [0.3, 0.4) is 0 Å². The third-order valence-electron chi connectivity index (χ3n) is 2.31. The van der Waals surface area contributed by atoms with Crippen molar-refractivity contribution >= 4 is 5.91 Å². The summed E-state index contributed by atoms with van der Waals surface area (Å²) < 4.78 is 5.14. The predicted molar refractivity (Wildman–Crippen MR) is 60.3 cm³/mol.